The van der Waals surface area contributed by atoms with Crippen molar-refractivity contribution in [2.24, 2.45) is 0 Å². The number of hydrogen-bond acceptors (Lipinski definition) is 3. The van der Waals surface area contributed by atoms with E-state index in [4.69, 9.17) is 0 Å². The summed E-state index contributed by atoms with van der Waals surface area (Å²) < 4.78 is 40.6. The number of anilines is 1. The first kappa shape index (κ1) is 22.3. The molecule has 0 unspecified atom stereocenters. The van der Waals surface area contributed by atoms with Crippen molar-refractivity contribution in [3.8, 4) is 5.69 Å². The Balaban J connectivity index is 2.12. The Kier molecular flexibility index (Phi) is 6.01. The van der Waals surface area contributed by atoms with Gasteiger partial charge in [-0.15, -0.1) is 0 Å². The summed E-state index contributed by atoms with van der Waals surface area (Å²) in [5.41, 5.74) is 1.09. The molecule has 0 fully saturated rings. The molecule has 1 heterocycles. The summed E-state index contributed by atoms with van der Waals surface area (Å²) >= 11 is 0. The average molecular weight is 429 g/mol. The molecule has 0 aliphatic carbocycles. The van der Waals surface area contributed by atoms with E-state index in [1.54, 1.807) is 13.8 Å². The second-order valence-corrected chi connectivity index (χ2v) is 7.30. The van der Waals surface area contributed by atoms with Gasteiger partial charge < -0.3 is 4.90 Å². The van der Waals surface area contributed by atoms with Crippen molar-refractivity contribution < 1.29 is 18.0 Å². The Morgan fingerprint density at radius 1 is 1.06 bits per heavy atom. The number of alkyl halides is 3. The molecule has 1 aromatic heterocycles. The molecule has 8 heteroatoms. The molecule has 5 nitrogen and oxygen atoms in total. The maximum atomic E-state index is 13.3. The van der Waals surface area contributed by atoms with E-state index in [0.29, 0.717) is 17.9 Å². The predicted octanol–water partition coefficient (Wildman–Crippen LogP) is 4.84. The predicted molar refractivity (Wildman–Crippen MR) is 113 cm³/mol. The summed E-state index contributed by atoms with van der Waals surface area (Å²) in [7, 11) is 0. The molecular formula is C23H22F3N3O2. The van der Waals surface area contributed by atoms with Crippen LogP contribution in [0, 0.1) is 20.8 Å². The first-order chi connectivity index (χ1) is 14.5. The highest BCUT2D eigenvalue weighted by atomic mass is 19.4. The highest BCUT2D eigenvalue weighted by Crippen LogP contribution is 2.30. The van der Waals surface area contributed by atoms with E-state index < -0.39 is 23.1 Å². The SMILES string of the molecule is CCN(C(=O)c1nn(-c2cccc(C(F)(F)F)c2)c(C)cc1=O)c1cc(C)ccc1C. The average Bonchev–Trinajstić information content (AvgIpc) is 2.70. The van der Waals surface area contributed by atoms with Gasteiger partial charge in [0.2, 0.25) is 5.43 Å². The molecule has 0 N–H and O–H groups in total. The van der Waals surface area contributed by atoms with E-state index in [2.05, 4.69) is 5.10 Å². The molecule has 3 rings (SSSR count). The minimum absolute atomic E-state index is 0.108. The molecule has 31 heavy (non-hydrogen) atoms. The number of aromatic nitrogens is 2. The van der Waals surface area contributed by atoms with Gasteiger partial charge in [-0.1, -0.05) is 18.2 Å². The number of halogens is 3. The van der Waals surface area contributed by atoms with Crippen molar-refractivity contribution in [1.29, 1.82) is 0 Å². The molecule has 3 aromatic rings. The van der Waals surface area contributed by atoms with Gasteiger partial charge in [-0.05, 0) is 63.1 Å². The van der Waals surface area contributed by atoms with Crippen LogP contribution < -0.4 is 10.3 Å². The molecule has 0 atom stereocenters. The monoisotopic (exact) mass is 429 g/mol. The highest BCUT2D eigenvalue weighted by molar-refractivity contribution is 6.05. The van der Waals surface area contributed by atoms with Gasteiger partial charge in [0.05, 0.1) is 11.3 Å². The highest BCUT2D eigenvalue weighted by Gasteiger charge is 2.31. The van der Waals surface area contributed by atoms with Gasteiger partial charge in [0.1, 0.15) is 0 Å². The summed E-state index contributed by atoms with van der Waals surface area (Å²) in [5, 5.41) is 4.16. The Labute approximate surface area is 177 Å². The fourth-order valence-corrected chi connectivity index (χ4v) is 3.33. The number of carbonyl (C=O) groups excluding carboxylic acids is 1. The van der Waals surface area contributed by atoms with Crippen molar-refractivity contribution in [2.75, 3.05) is 11.4 Å². The molecule has 0 bridgehead atoms. The van der Waals surface area contributed by atoms with E-state index in [1.807, 2.05) is 32.0 Å². The molecule has 0 aliphatic heterocycles. The maximum absolute atomic E-state index is 13.3. The zero-order valence-electron chi connectivity index (χ0n) is 17.6. The van der Waals surface area contributed by atoms with Crippen LogP contribution >= 0.6 is 0 Å². The molecule has 2 aromatic carbocycles. The van der Waals surface area contributed by atoms with E-state index >= 15 is 0 Å². The van der Waals surface area contributed by atoms with Crippen LogP contribution in [0.1, 0.15) is 39.8 Å². The summed E-state index contributed by atoms with van der Waals surface area (Å²) in [4.78, 5) is 27.3. The Bertz CT molecular complexity index is 1200. The van der Waals surface area contributed by atoms with Gasteiger partial charge in [-0.2, -0.15) is 18.3 Å². The zero-order valence-corrected chi connectivity index (χ0v) is 17.6. The van der Waals surface area contributed by atoms with Crippen LogP contribution in [0.5, 0.6) is 0 Å². The summed E-state index contributed by atoms with van der Waals surface area (Å²) in [6.07, 6.45) is -4.52. The van der Waals surface area contributed by atoms with E-state index in [0.717, 1.165) is 23.3 Å². The maximum Gasteiger partial charge on any atom is 0.416 e. The van der Waals surface area contributed by atoms with Gasteiger partial charge in [0.15, 0.2) is 5.69 Å². The van der Waals surface area contributed by atoms with Crippen molar-refractivity contribution in [1.82, 2.24) is 9.78 Å². The third-order valence-corrected chi connectivity index (χ3v) is 4.94. The lowest BCUT2D eigenvalue weighted by Gasteiger charge is -2.23. The number of aryl methyl sites for hydroxylation is 3. The molecule has 162 valence electrons. The van der Waals surface area contributed by atoms with Crippen LogP contribution in [-0.4, -0.2) is 22.2 Å². The zero-order chi connectivity index (χ0) is 22.9. The quantitative estimate of drug-likeness (QED) is 0.596. The van der Waals surface area contributed by atoms with Gasteiger partial charge in [0, 0.05) is 24.0 Å². The molecule has 1 amide bonds. The normalized spacial score (nSPS) is 11.5. The van der Waals surface area contributed by atoms with E-state index in [9.17, 15) is 22.8 Å². The minimum Gasteiger partial charge on any atom is -0.307 e. The van der Waals surface area contributed by atoms with E-state index in [1.165, 1.54) is 27.8 Å². The Morgan fingerprint density at radius 2 is 1.77 bits per heavy atom. The van der Waals surface area contributed by atoms with Gasteiger partial charge >= 0.3 is 6.18 Å². The van der Waals surface area contributed by atoms with Crippen molar-refractivity contribution in [2.45, 2.75) is 33.9 Å². The topological polar surface area (TPSA) is 55.2 Å². The van der Waals surface area contributed by atoms with Crippen LogP contribution in [0.4, 0.5) is 18.9 Å². The molecular weight excluding hydrogens is 407 g/mol. The Hall–Kier alpha value is -3.42. The third kappa shape index (κ3) is 4.52. The second kappa shape index (κ2) is 8.37. The number of nitrogens with zero attached hydrogens (tertiary/aromatic N) is 3. The van der Waals surface area contributed by atoms with Crippen LogP contribution in [0.25, 0.3) is 5.69 Å². The van der Waals surface area contributed by atoms with Crippen LogP contribution in [0.3, 0.4) is 0 Å². The van der Waals surface area contributed by atoms with Crippen molar-refractivity contribution in [3.05, 3.63) is 86.8 Å². The molecule has 0 aliphatic rings. The fourth-order valence-electron chi connectivity index (χ4n) is 3.33. The number of benzene rings is 2. The molecule has 0 saturated heterocycles. The fraction of sp³-hybridized carbons (Fsp3) is 0.261. The number of carbonyl (C=O) groups is 1. The smallest absolute Gasteiger partial charge is 0.307 e. The van der Waals surface area contributed by atoms with Crippen LogP contribution in [0.2, 0.25) is 0 Å². The van der Waals surface area contributed by atoms with E-state index in [-0.39, 0.29) is 11.4 Å². The van der Waals surface area contributed by atoms with Gasteiger partial charge in [0.25, 0.3) is 5.91 Å². The second-order valence-electron chi connectivity index (χ2n) is 7.30. The summed E-state index contributed by atoms with van der Waals surface area (Å²) in [5.74, 6) is -0.609. The van der Waals surface area contributed by atoms with Crippen LogP contribution in [0.15, 0.2) is 53.3 Å². The number of rotatable bonds is 4. The summed E-state index contributed by atoms with van der Waals surface area (Å²) in [6.45, 7) is 7.37. The van der Waals surface area contributed by atoms with Gasteiger partial charge in [-0.25, -0.2) is 4.68 Å². The molecule has 0 radical (unpaired) electrons. The summed E-state index contributed by atoms with van der Waals surface area (Å²) in [6, 6.07) is 11.4. The van der Waals surface area contributed by atoms with Crippen molar-refractivity contribution >= 4 is 11.6 Å². The standard InChI is InChI=1S/C23H22F3N3O2/c1-5-28(19-11-14(2)9-10-15(19)3)22(31)21-20(30)12-16(4)29(27-21)18-8-6-7-17(13-18)23(24,25)26/h6-13H,5H2,1-4H3. The number of amides is 1. The first-order valence-electron chi connectivity index (χ1n) is 9.70. The third-order valence-electron chi connectivity index (χ3n) is 4.94. The first-order valence-corrected chi connectivity index (χ1v) is 9.70. The minimum atomic E-state index is -4.52. The lowest BCUT2D eigenvalue weighted by atomic mass is 10.1. The lowest BCUT2D eigenvalue weighted by molar-refractivity contribution is -0.137. The molecule has 0 spiro atoms. The van der Waals surface area contributed by atoms with Crippen molar-refractivity contribution in [3.63, 3.8) is 0 Å². The Morgan fingerprint density at radius 3 is 2.42 bits per heavy atom. The lowest BCUT2D eigenvalue weighted by Crippen LogP contribution is -2.36. The largest absolute Gasteiger partial charge is 0.416 e. The molecule has 0 saturated carbocycles. The van der Waals surface area contributed by atoms with Gasteiger partial charge in [-0.3, -0.25) is 9.59 Å². The van der Waals surface area contributed by atoms with Crippen LogP contribution in [-0.2, 0) is 6.18 Å². The number of hydrogen-bond donors (Lipinski definition) is 0.